The van der Waals surface area contributed by atoms with Crippen molar-refractivity contribution in [1.29, 1.82) is 0 Å². The van der Waals surface area contributed by atoms with Crippen LogP contribution in [-0.2, 0) is 6.61 Å². The number of hydrogen-bond acceptors (Lipinski definition) is 3. The van der Waals surface area contributed by atoms with Gasteiger partial charge in [0.2, 0.25) is 0 Å². The zero-order valence-corrected chi connectivity index (χ0v) is 13.1. The minimum absolute atomic E-state index is 0.0641. The summed E-state index contributed by atoms with van der Waals surface area (Å²) in [6, 6.07) is 7.52. The van der Waals surface area contributed by atoms with E-state index in [2.05, 4.69) is 15.9 Å². The first-order valence-corrected chi connectivity index (χ1v) is 7.00. The zero-order valence-electron chi connectivity index (χ0n) is 11.5. The average molecular weight is 354 g/mol. The predicted octanol–water partition coefficient (Wildman–Crippen LogP) is 4.69. The highest BCUT2D eigenvalue weighted by Gasteiger charge is 2.18. The van der Waals surface area contributed by atoms with Crippen molar-refractivity contribution in [1.82, 2.24) is 0 Å². The number of nitro groups is 1. The Morgan fingerprint density at radius 2 is 2.00 bits per heavy atom. The number of rotatable bonds is 4. The molecule has 0 fully saturated rings. The average Bonchev–Trinajstić information content (AvgIpc) is 2.38. The highest BCUT2D eigenvalue weighted by atomic mass is 79.9. The van der Waals surface area contributed by atoms with Crippen LogP contribution in [0.25, 0.3) is 0 Å². The monoisotopic (exact) mass is 353 g/mol. The summed E-state index contributed by atoms with van der Waals surface area (Å²) in [6.07, 6.45) is 0. The molecule has 0 bridgehead atoms. The summed E-state index contributed by atoms with van der Waals surface area (Å²) in [6.45, 7) is 3.67. The molecule has 0 aliphatic carbocycles. The van der Waals surface area contributed by atoms with Gasteiger partial charge in [0, 0.05) is 16.1 Å². The summed E-state index contributed by atoms with van der Waals surface area (Å²) >= 11 is 3.24. The SMILES string of the molecule is Cc1cc(C)c(OCc2ccc(F)cc2Br)c([N+](=O)[O-])c1. The van der Waals surface area contributed by atoms with E-state index in [0.717, 1.165) is 5.56 Å². The smallest absolute Gasteiger partial charge is 0.311 e. The molecular formula is C15H13BrFNO3. The van der Waals surface area contributed by atoms with Crippen molar-refractivity contribution < 1.29 is 14.1 Å². The molecule has 0 unspecified atom stereocenters. The highest BCUT2D eigenvalue weighted by molar-refractivity contribution is 9.10. The molecule has 0 saturated heterocycles. The van der Waals surface area contributed by atoms with Gasteiger partial charge in [-0.3, -0.25) is 10.1 Å². The Bertz CT molecular complexity index is 704. The lowest BCUT2D eigenvalue weighted by Gasteiger charge is -2.11. The van der Waals surface area contributed by atoms with Gasteiger partial charge in [0.25, 0.3) is 0 Å². The van der Waals surface area contributed by atoms with Crippen LogP contribution in [0, 0.1) is 29.8 Å². The molecule has 0 heterocycles. The van der Waals surface area contributed by atoms with Crippen LogP contribution >= 0.6 is 15.9 Å². The Hall–Kier alpha value is -1.95. The molecule has 110 valence electrons. The fourth-order valence-electron chi connectivity index (χ4n) is 2.04. The van der Waals surface area contributed by atoms with Gasteiger partial charge in [-0.1, -0.05) is 28.1 Å². The first-order valence-electron chi connectivity index (χ1n) is 6.21. The Kier molecular flexibility index (Phi) is 4.57. The molecule has 0 aliphatic rings. The molecular weight excluding hydrogens is 341 g/mol. The quantitative estimate of drug-likeness (QED) is 0.591. The van der Waals surface area contributed by atoms with E-state index in [9.17, 15) is 14.5 Å². The molecule has 0 atom stereocenters. The van der Waals surface area contributed by atoms with Crippen LogP contribution in [0.1, 0.15) is 16.7 Å². The maximum Gasteiger partial charge on any atom is 0.311 e. The molecule has 0 saturated carbocycles. The summed E-state index contributed by atoms with van der Waals surface area (Å²) in [5.74, 6) is -0.120. The molecule has 21 heavy (non-hydrogen) atoms. The van der Waals surface area contributed by atoms with Gasteiger partial charge in [-0.25, -0.2) is 4.39 Å². The fourth-order valence-corrected chi connectivity index (χ4v) is 2.51. The number of nitro benzene ring substituents is 1. The van der Waals surface area contributed by atoms with Gasteiger partial charge in [0.15, 0.2) is 5.75 Å². The summed E-state index contributed by atoms with van der Waals surface area (Å²) in [5.41, 5.74) is 2.14. The summed E-state index contributed by atoms with van der Waals surface area (Å²) < 4.78 is 19.2. The van der Waals surface area contributed by atoms with Crippen molar-refractivity contribution >= 4 is 21.6 Å². The molecule has 0 amide bonds. The van der Waals surface area contributed by atoms with Crippen molar-refractivity contribution in [2.45, 2.75) is 20.5 Å². The second-order valence-electron chi connectivity index (χ2n) is 4.71. The van der Waals surface area contributed by atoms with Crippen molar-refractivity contribution in [3.8, 4) is 5.75 Å². The van der Waals surface area contributed by atoms with Gasteiger partial charge in [0.05, 0.1) is 4.92 Å². The molecule has 2 rings (SSSR count). The third kappa shape index (κ3) is 3.58. The predicted molar refractivity (Wildman–Crippen MR) is 81.0 cm³/mol. The van der Waals surface area contributed by atoms with Crippen LogP contribution in [0.5, 0.6) is 5.75 Å². The molecule has 4 nitrogen and oxygen atoms in total. The Morgan fingerprint density at radius 3 is 2.62 bits per heavy atom. The standard InChI is InChI=1S/C15H13BrFNO3/c1-9-5-10(2)15(14(6-9)18(19)20)21-8-11-3-4-12(17)7-13(11)16/h3-7H,8H2,1-2H3. The van der Waals surface area contributed by atoms with Crippen molar-refractivity contribution in [3.05, 3.63) is 67.4 Å². The molecule has 6 heteroatoms. The number of aryl methyl sites for hydroxylation is 2. The molecule has 0 N–H and O–H groups in total. The van der Waals surface area contributed by atoms with Gasteiger partial charge in [0.1, 0.15) is 12.4 Å². The third-order valence-corrected chi connectivity index (χ3v) is 3.72. The normalized spacial score (nSPS) is 10.5. The number of halogens is 2. The highest BCUT2D eigenvalue weighted by Crippen LogP contribution is 2.33. The number of nitrogens with zero attached hydrogens (tertiary/aromatic N) is 1. The number of ether oxygens (including phenoxy) is 1. The van der Waals surface area contributed by atoms with E-state index in [1.54, 1.807) is 19.9 Å². The Labute approximate surface area is 129 Å². The molecule has 2 aromatic carbocycles. The topological polar surface area (TPSA) is 52.4 Å². The van der Waals surface area contributed by atoms with E-state index in [1.807, 2.05) is 6.07 Å². The minimum atomic E-state index is -0.463. The van der Waals surface area contributed by atoms with Gasteiger partial charge >= 0.3 is 5.69 Å². The van der Waals surface area contributed by atoms with Crippen LogP contribution in [0.3, 0.4) is 0 Å². The molecule has 0 spiro atoms. The van der Waals surface area contributed by atoms with E-state index in [4.69, 9.17) is 4.74 Å². The summed E-state index contributed by atoms with van der Waals surface area (Å²) in [4.78, 5) is 10.7. The molecule has 0 aliphatic heterocycles. The maximum atomic E-state index is 13.0. The van der Waals surface area contributed by atoms with Gasteiger partial charge in [-0.15, -0.1) is 0 Å². The molecule has 0 aromatic heterocycles. The van der Waals surface area contributed by atoms with Gasteiger partial charge < -0.3 is 4.74 Å². The van der Waals surface area contributed by atoms with E-state index < -0.39 is 4.92 Å². The number of benzene rings is 2. The Balaban J connectivity index is 2.29. The third-order valence-electron chi connectivity index (χ3n) is 2.98. The second kappa shape index (κ2) is 6.22. The zero-order chi connectivity index (χ0) is 15.6. The first-order chi connectivity index (χ1) is 9.88. The molecule has 0 radical (unpaired) electrons. The van der Waals surface area contributed by atoms with Crippen LogP contribution in [0.15, 0.2) is 34.8 Å². The largest absolute Gasteiger partial charge is 0.482 e. The fraction of sp³-hybridized carbons (Fsp3) is 0.200. The number of hydrogen-bond donors (Lipinski definition) is 0. The first kappa shape index (κ1) is 15.4. The van der Waals surface area contributed by atoms with Gasteiger partial charge in [-0.05, 0) is 37.1 Å². The van der Waals surface area contributed by atoms with Crippen LogP contribution in [-0.4, -0.2) is 4.92 Å². The minimum Gasteiger partial charge on any atom is -0.482 e. The Morgan fingerprint density at radius 1 is 1.29 bits per heavy atom. The second-order valence-corrected chi connectivity index (χ2v) is 5.57. The summed E-state index contributed by atoms with van der Waals surface area (Å²) in [7, 11) is 0. The van der Waals surface area contributed by atoms with Crippen LogP contribution in [0.4, 0.5) is 10.1 Å². The maximum absolute atomic E-state index is 13.0. The van der Waals surface area contributed by atoms with E-state index in [-0.39, 0.29) is 23.9 Å². The van der Waals surface area contributed by atoms with Crippen molar-refractivity contribution in [3.63, 3.8) is 0 Å². The molecule has 2 aromatic rings. The summed E-state index contributed by atoms with van der Waals surface area (Å²) in [5, 5.41) is 11.1. The van der Waals surface area contributed by atoms with Crippen molar-refractivity contribution in [2.24, 2.45) is 0 Å². The van der Waals surface area contributed by atoms with Gasteiger partial charge in [-0.2, -0.15) is 0 Å². The van der Waals surface area contributed by atoms with E-state index >= 15 is 0 Å². The van der Waals surface area contributed by atoms with Crippen LogP contribution < -0.4 is 4.74 Å². The lowest BCUT2D eigenvalue weighted by Crippen LogP contribution is -2.02. The lowest BCUT2D eigenvalue weighted by molar-refractivity contribution is -0.386. The van der Waals surface area contributed by atoms with E-state index in [1.165, 1.54) is 18.2 Å². The van der Waals surface area contributed by atoms with Crippen molar-refractivity contribution in [2.75, 3.05) is 0 Å². The lowest BCUT2D eigenvalue weighted by atomic mass is 10.1. The van der Waals surface area contributed by atoms with E-state index in [0.29, 0.717) is 15.6 Å². The van der Waals surface area contributed by atoms with Crippen LogP contribution in [0.2, 0.25) is 0 Å².